The van der Waals surface area contributed by atoms with Crippen LogP contribution in [0.3, 0.4) is 0 Å². The summed E-state index contributed by atoms with van der Waals surface area (Å²) in [7, 11) is 0. The van der Waals surface area contributed by atoms with Crippen molar-refractivity contribution in [3.8, 4) is 0 Å². The summed E-state index contributed by atoms with van der Waals surface area (Å²) in [6, 6.07) is 0. The highest BCUT2D eigenvalue weighted by atomic mass is 79.9. The number of aromatic nitrogens is 1. The zero-order valence-corrected chi connectivity index (χ0v) is 15.5. The summed E-state index contributed by atoms with van der Waals surface area (Å²) in [5, 5.41) is 2.77. The second-order valence-electron chi connectivity index (χ2n) is 6.31. The number of hydrogen-bond acceptors (Lipinski definition) is 0. The molecule has 0 aliphatic carbocycles. The number of H-pyrrole nitrogens is 1. The highest BCUT2D eigenvalue weighted by Gasteiger charge is 2.19. The minimum Gasteiger partial charge on any atom is -0.353 e. The number of rotatable bonds is 0. The smallest absolute Gasteiger partial charge is 0.0615 e. The lowest BCUT2D eigenvalue weighted by atomic mass is 9.92. The third kappa shape index (κ3) is 1.75. The second kappa shape index (κ2) is 4.61. The molecule has 1 N–H and O–H groups in total. The largest absolute Gasteiger partial charge is 0.353 e. The lowest BCUT2D eigenvalue weighted by Gasteiger charge is -2.13. The van der Waals surface area contributed by atoms with E-state index in [-0.39, 0.29) is 0 Å². The van der Waals surface area contributed by atoms with Gasteiger partial charge in [0, 0.05) is 15.2 Å². The van der Waals surface area contributed by atoms with Crippen LogP contribution in [0.15, 0.2) is 4.47 Å². The maximum absolute atomic E-state index is 3.80. The molecule has 0 saturated carbocycles. The van der Waals surface area contributed by atoms with Crippen LogP contribution in [0.2, 0.25) is 0 Å². The molecule has 0 aliphatic heterocycles. The van der Waals surface area contributed by atoms with Gasteiger partial charge in [-0.25, -0.2) is 0 Å². The summed E-state index contributed by atoms with van der Waals surface area (Å²) in [5.74, 6) is 0. The van der Waals surface area contributed by atoms with Crippen molar-refractivity contribution in [2.45, 2.75) is 48.5 Å². The van der Waals surface area contributed by atoms with Crippen LogP contribution in [-0.4, -0.2) is 4.98 Å². The lowest BCUT2D eigenvalue weighted by Crippen LogP contribution is -1.93. The predicted molar refractivity (Wildman–Crippen MR) is 96.7 cm³/mol. The molecule has 0 bridgehead atoms. The van der Waals surface area contributed by atoms with Crippen LogP contribution in [0.5, 0.6) is 0 Å². The Morgan fingerprint density at radius 2 is 0.952 bits per heavy atom. The molecule has 2 heteroatoms. The minimum absolute atomic E-state index is 1.20. The van der Waals surface area contributed by atoms with E-state index in [0.29, 0.717) is 0 Å². The van der Waals surface area contributed by atoms with E-state index in [4.69, 9.17) is 0 Å². The fraction of sp³-hybridized carbons (Fsp3) is 0.368. The Morgan fingerprint density at radius 1 is 0.524 bits per heavy atom. The van der Waals surface area contributed by atoms with Crippen molar-refractivity contribution in [1.29, 1.82) is 0 Å². The molecule has 0 amide bonds. The lowest BCUT2D eigenvalue weighted by molar-refractivity contribution is 1.24. The molecule has 0 saturated heterocycles. The molecule has 0 aliphatic rings. The van der Waals surface area contributed by atoms with Crippen LogP contribution >= 0.6 is 15.9 Å². The molecule has 0 unspecified atom stereocenters. The van der Waals surface area contributed by atoms with E-state index < -0.39 is 0 Å². The summed E-state index contributed by atoms with van der Waals surface area (Å²) in [4.78, 5) is 3.69. The van der Waals surface area contributed by atoms with Crippen molar-refractivity contribution >= 4 is 37.7 Å². The van der Waals surface area contributed by atoms with Crippen molar-refractivity contribution < 1.29 is 0 Å². The Bertz CT molecular complexity index is 839. The maximum Gasteiger partial charge on any atom is 0.0615 e. The zero-order valence-electron chi connectivity index (χ0n) is 13.9. The molecule has 110 valence electrons. The normalized spacial score (nSPS) is 11.8. The monoisotopic (exact) mass is 343 g/mol. The Hall–Kier alpha value is -1.28. The van der Waals surface area contributed by atoms with Crippen molar-refractivity contribution in [3.63, 3.8) is 0 Å². The van der Waals surface area contributed by atoms with Gasteiger partial charge in [0.15, 0.2) is 0 Å². The van der Waals surface area contributed by atoms with E-state index in [2.05, 4.69) is 69.4 Å². The quantitative estimate of drug-likeness (QED) is 0.497. The van der Waals surface area contributed by atoms with E-state index in [0.717, 1.165) is 0 Å². The van der Waals surface area contributed by atoms with Gasteiger partial charge in [-0.3, -0.25) is 0 Å². The fourth-order valence-electron chi connectivity index (χ4n) is 3.45. The van der Waals surface area contributed by atoms with Crippen LogP contribution in [0.1, 0.15) is 38.9 Å². The summed E-state index contributed by atoms with van der Waals surface area (Å²) >= 11 is 3.80. The highest BCUT2D eigenvalue weighted by Crippen LogP contribution is 2.41. The molecule has 2 aromatic carbocycles. The van der Waals surface area contributed by atoms with Crippen LogP contribution in [0.25, 0.3) is 21.8 Å². The molecule has 1 heterocycles. The van der Waals surface area contributed by atoms with Gasteiger partial charge in [0.05, 0.1) is 11.0 Å². The molecule has 0 atom stereocenters. The number of aromatic amines is 1. The average Bonchev–Trinajstić information content (AvgIpc) is 2.87. The number of hydrogen-bond donors (Lipinski definition) is 1. The Labute approximate surface area is 134 Å². The zero-order chi connectivity index (χ0) is 15.6. The van der Waals surface area contributed by atoms with Crippen LogP contribution < -0.4 is 0 Å². The van der Waals surface area contributed by atoms with Gasteiger partial charge in [-0.1, -0.05) is 0 Å². The second-order valence-corrected chi connectivity index (χ2v) is 7.11. The van der Waals surface area contributed by atoms with E-state index in [1.807, 2.05) is 0 Å². The van der Waals surface area contributed by atoms with E-state index in [9.17, 15) is 0 Å². The van der Waals surface area contributed by atoms with Crippen molar-refractivity contribution in [2.75, 3.05) is 0 Å². The van der Waals surface area contributed by atoms with E-state index in [1.165, 1.54) is 65.2 Å². The van der Waals surface area contributed by atoms with Crippen molar-refractivity contribution in [1.82, 2.24) is 4.98 Å². The van der Waals surface area contributed by atoms with Gasteiger partial charge in [-0.15, -0.1) is 0 Å². The van der Waals surface area contributed by atoms with Gasteiger partial charge in [0.1, 0.15) is 0 Å². The Morgan fingerprint density at radius 3 is 1.52 bits per heavy atom. The molecule has 3 aromatic rings. The number of nitrogens with one attached hydrogen (secondary N) is 1. The number of benzene rings is 2. The Kier molecular flexibility index (Phi) is 3.21. The van der Waals surface area contributed by atoms with Gasteiger partial charge >= 0.3 is 0 Å². The van der Waals surface area contributed by atoms with Crippen molar-refractivity contribution in [3.05, 3.63) is 43.4 Å². The number of halogens is 1. The van der Waals surface area contributed by atoms with Crippen LogP contribution in [0, 0.1) is 48.5 Å². The predicted octanol–water partition coefficient (Wildman–Crippen LogP) is 6.24. The maximum atomic E-state index is 3.80. The van der Waals surface area contributed by atoms with Gasteiger partial charge in [0.2, 0.25) is 0 Å². The number of aryl methyl sites for hydroxylation is 3. The molecule has 3 rings (SSSR count). The van der Waals surface area contributed by atoms with E-state index >= 15 is 0 Å². The van der Waals surface area contributed by atoms with Gasteiger partial charge in [0.25, 0.3) is 0 Å². The van der Waals surface area contributed by atoms with Gasteiger partial charge in [-0.05, 0) is 103 Å². The molecule has 1 aromatic heterocycles. The molecule has 0 spiro atoms. The van der Waals surface area contributed by atoms with Crippen LogP contribution in [-0.2, 0) is 0 Å². The van der Waals surface area contributed by atoms with Crippen LogP contribution in [0.4, 0.5) is 0 Å². The third-order valence-corrected chi connectivity index (χ3v) is 6.48. The SMILES string of the molecule is Cc1c(C)c(C)c2c([nH]c3c(Br)c(C)c(C)c(C)c32)c1C. The fourth-order valence-corrected chi connectivity index (χ4v) is 4.05. The molecule has 0 radical (unpaired) electrons. The first-order chi connectivity index (χ1) is 9.77. The Balaban J connectivity index is 2.73. The first kappa shape index (κ1) is 14.6. The average molecular weight is 344 g/mol. The summed E-state index contributed by atoms with van der Waals surface area (Å²) in [6.45, 7) is 15.6. The molecule has 1 nitrogen and oxygen atoms in total. The molecule has 21 heavy (non-hydrogen) atoms. The topological polar surface area (TPSA) is 15.8 Å². The molecular formula is C19H22BrN. The van der Waals surface area contributed by atoms with Gasteiger partial charge in [-0.2, -0.15) is 0 Å². The molecular weight excluding hydrogens is 322 g/mol. The van der Waals surface area contributed by atoms with Crippen molar-refractivity contribution in [2.24, 2.45) is 0 Å². The first-order valence-corrected chi connectivity index (χ1v) is 8.23. The number of fused-ring (bicyclic) bond motifs is 3. The summed E-state index contributed by atoms with van der Waals surface area (Å²) in [5.41, 5.74) is 12.2. The minimum atomic E-state index is 1.20. The first-order valence-electron chi connectivity index (χ1n) is 7.44. The third-order valence-electron chi connectivity index (χ3n) is 5.49. The molecule has 0 fully saturated rings. The van der Waals surface area contributed by atoms with E-state index in [1.54, 1.807) is 0 Å². The summed E-state index contributed by atoms with van der Waals surface area (Å²) in [6.07, 6.45) is 0. The van der Waals surface area contributed by atoms with Gasteiger partial charge < -0.3 is 4.98 Å². The highest BCUT2D eigenvalue weighted by molar-refractivity contribution is 9.10. The standard InChI is InChI=1S/C19H22BrN/c1-8-9(2)14(7)18-15(11(8)4)16-12(5)10(3)13(6)17(20)19(16)21-18/h21H,1-7H3. The summed E-state index contributed by atoms with van der Waals surface area (Å²) < 4.78 is 1.20.